The highest BCUT2D eigenvalue weighted by Gasteiger charge is 2.10. The first kappa shape index (κ1) is 17.2. The standard InChI is InChI=1S/C13H27B.H3N/c1-4-7-9-12-14(11-6-3)13-10-8-5-2;/h6H,3-5,7-13H2,1-2H3;1H3. The summed E-state index contributed by atoms with van der Waals surface area (Å²) in [5, 5.41) is 0. The Balaban J connectivity index is 0. The number of hydrogen-bond donors (Lipinski definition) is 1. The van der Waals surface area contributed by atoms with Crippen molar-refractivity contribution in [1.29, 1.82) is 0 Å². The molecule has 0 bridgehead atoms. The molecular weight excluding hydrogens is 181 g/mol. The summed E-state index contributed by atoms with van der Waals surface area (Å²) in [4.78, 5) is 0. The third-order valence-corrected chi connectivity index (χ3v) is 2.93. The van der Waals surface area contributed by atoms with Crippen molar-refractivity contribution in [3.05, 3.63) is 12.7 Å². The third-order valence-electron chi connectivity index (χ3n) is 2.93. The Morgan fingerprint density at radius 1 is 0.933 bits per heavy atom. The van der Waals surface area contributed by atoms with Crippen LogP contribution in [0.5, 0.6) is 0 Å². The summed E-state index contributed by atoms with van der Waals surface area (Å²) in [7, 11) is 0. The van der Waals surface area contributed by atoms with Crippen LogP contribution < -0.4 is 6.15 Å². The lowest BCUT2D eigenvalue weighted by Gasteiger charge is -2.10. The van der Waals surface area contributed by atoms with Crippen molar-refractivity contribution in [1.82, 2.24) is 6.15 Å². The van der Waals surface area contributed by atoms with Gasteiger partial charge < -0.3 is 6.15 Å². The van der Waals surface area contributed by atoms with E-state index in [0.29, 0.717) is 0 Å². The predicted molar refractivity (Wildman–Crippen MR) is 74.4 cm³/mol. The van der Waals surface area contributed by atoms with Crippen LogP contribution in [0.25, 0.3) is 0 Å². The average Bonchev–Trinajstić information content (AvgIpc) is 2.18. The molecule has 0 aliphatic heterocycles. The highest BCUT2D eigenvalue weighted by atomic mass is 14.0. The molecule has 0 saturated heterocycles. The van der Waals surface area contributed by atoms with E-state index >= 15 is 0 Å². The molecule has 15 heavy (non-hydrogen) atoms. The highest BCUT2D eigenvalue weighted by Crippen LogP contribution is 2.15. The van der Waals surface area contributed by atoms with Gasteiger partial charge in [0, 0.05) is 0 Å². The van der Waals surface area contributed by atoms with E-state index in [1.54, 1.807) is 0 Å². The first-order chi connectivity index (χ1) is 6.85. The molecule has 90 valence electrons. The molecule has 0 aliphatic carbocycles. The quantitative estimate of drug-likeness (QED) is 0.300. The highest BCUT2D eigenvalue weighted by molar-refractivity contribution is 6.59. The molecule has 0 saturated carbocycles. The van der Waals surface area contributed by atoms with Crippen molar-refractivity contribution >= 4 is 6.71 Å². The average molecular weight is 211 g/mol. The van der Waals surface area contributed by atoms with Crippen molar-refractivity contribution in [3.8, 4) is 0 Å². The second-order valence-electron chi connectivity index (χ2n) is 4.38. The van der Waals surface area contributed by atoms with Gasteiger partial charge in [-0.15, -0.1) is 6.58 Å². The smallest absolute Gasteiger partial charge is 0.143 e. The van der Waals surface area contributed by atoms with E-state index in [0.717, 1.165) is 6.71 Å². The lowest BCUT2D eigenvalue weighted by Crippen LogP contribution is -2.10. The van der Waals surface area contributed by atoms with Gasteiger partial charge in [0.1, 0.15) is 6.71 Å². The topological polar surface area (TPSA) is 35.0 Å². The van der Waals surface area contributed by atoms with Crippen LogP contribution in [0.15, 0.2) is 12.7 Å². The van der Waals surface area contributed by atoms with Crippen molar-refractivity contribution in [2.24, 2.45) is 0 Å². The van der Waals surface area contributed by atoms with Crippen LogP contribution in [0.3, 0.4) is 0 Å². The molecule has 1 nitrogen and oxygen atoms in total. The summed E-state index contributed by atoms with van der Waals surface area (Å²) < 4.78 is 0. The van der Waals surface area contributed by atoms with Gasteiger partial charge >= 0.3 is 0 Å². The van der Waals surface area contributed by atoms with Gasteiger partial charge in [-0.05, 0) is 0 Å². The molecule has 0 fully saturated rings. The molecule has 0 unspecified atom stereocenters. The van der Waals surface area contributed by atoms with E-state index in [1.807, 2.05) is 0 Å². The minimum absolute atomic E-state index is 0. The summed E-state index contributed by atoms with van der Waals surface area (Å²) in [5.74, 6) is 0. The molecule has 0 aromatic heterocycles. The molecule has 0 rings (SSSR count). The van der Waals surface area contributed by atoms with Crippen LogP contribution in [-0.2, 0) is 0 Å². The minimum Gasteiger partial charge on any atom is -0.344 e. The van der Waals surface area contributed by atoms with E-state index in [4.69, 9.17) is 0 Å². The summed E-state index contributed by atoms with van der Waals surface area (Å²) in [5.41, 5.74) is 0. The Morgan fingerprint density at radius 3 is 1.73 bits per heavy atom. The summed E-state index contributed by atoms with van der Waals surface area (Å²) in [6.45, 7) is 9.33. The zero-order valence-electron chi connectivity index (χ0n) is 10.9. The fraction of sp³-hybridized carbons (Fsp3) is 0.846. The fourth-order valence-corrected chi connectivity index (χ4v) is 1.98. The molecule has 0 aliphatic rings. The van der Waals surface area contributed by atoms with Crippen LogP contribution in [0.4, 0.5) is 0 Å². The van der Waals surface area contributed by atoms with Crippen LogP contribution in [0.1, 0.15) is 52.4 Å². The van der Waals surface area contributed by atoms with Crippen LogP contribution in [-0.4, -0.2) is 6.71 Å². The molecule has 0 aromatic carbocycles. The zero-order valence-corrected chi connectivity index (χ0v) is 10.9. The van der Waals surface area contributed by atoms with Crippen LogP contribution in [0.2, 0.25) is 19.0 Å². The first-order valence-electron chi connectivity index (χ1n) is 6.46. The van der Waals surface area contributed by atoms with Gasteiger partial charge in [0.2, 0.25) is 0 Å². The third kappa shape index (κ3) is 11.7. The first-order valence-corrected chi connectivity index (χ1v) is 6.46. The van der Waals surface area contributed by atoms with Gasteiger partial charge in [-0.1, -0.05) is 77.4 Å². The van der Waals surface area contributed by atoms with Gasteiger partial charge in [0.05, 0.1) is 0 Å². The maximum absolute atomic E-state index is 3.86. The fourth-order valence-electron chi connectivity index (χ4n) is 1.98. The Labute approximate surface area is 97.4 Å². The Hall–Kier alpha value is -0.235. The lowest BCUT2D eigenvalue weighted by atomic mass is 9.41. The van der Waals surface area contributed by atoms with Crippen molar-refractivity contribution in [2.75, 3.05) is 0 Å². The second-order valence-corrected chi connectivity index (χ2v) is 4.38. The van der Waals surface area contributed by atoms with Crippen LogP contribution in [0, 0.1) is 0 Å². The second kappa shape index (κ2) is 13.8. The SMILES string of the molecule is C=CCB(CCCCC)CCCCC.N. The zero-order chi connectivity index (χ0) is 10.6. The minimum atomic E-state index is 0. The summed E-state index contributed by atoms with van der Waals surface area (Å²) >= 11 is 0. The maximum atomic E-state index is 3.86. The van der Waals surface area contributed by atoms with E-state index < -0.39 is 0 Å². The Bertz CT molecular complexity index is 116. The number of allylic oxidation sites excluding steroid dienone is 1. The molecule has 0 amide bonds. The van der Waals surface area contributed by atoms with Gasteiger partial charge in [0.15, 0.2) is 0 Å². The normalized spacial score (nSPS) is 9.47. The Morgan fingerprint density at radius 2 is 1.40 bits per heavy atom. The van der Waals surface area contributed by atoms with Crippen molar-refractivity contribution in [2.45, 2.75) is 71.3 Å². The van der Waals surface area contributed by atoms with Gasteiger partial charge in [-0.2, -0.15) is 0 Å². The molecule has 0 heterocycles. The molecule has 0 atom stereocenters. The summed E-state index contributed by atoms with van der Waals surface area (Å²) in [6.07, 6.45) is 14.5. The maximum Gasteiger partial charge on any atom is 0.143 e. The molecular formula is C13H30BN. The van der Waals surface area contributed by atoms with E-state index in [1.165, 1.54) is 57.5 Å². The monoisotopic (exact) mass is 211 g/mol. The molecule has 0 spiro atoms. The molecule has 0 radical (unpaired) electrons. The van der Waals surface area contributed by atoms with E-state index in [9.17, 15) is 0 Å². The molecule has 2 heteroatoms. The summed E-state index contributed by atoms with van der Waals surface area (Å²) in [6, 6.07) is 0. The van der Waals surface area contributed by atoms with Crippen molar-refractivity contribution in [3.63, 3.8) is 0 Å². The largest absolute Gasteiger partial charge is 0.344 e. The number of unbranched alkanes of at least 4 members (excludes halogenated alkanes) is 4. The van der Waals surface area contributed by atoms with Gasteiger partial charge in [-0.25, -0.2) is 0 Å². The van der Waals surface area contributed by atoms with Gasteiger partial charge in [0.25, 0.3) is 0 Å². The van der Waals surface area contributed by atoms with Gasteiger partial charge in [-0.3, -0.25) is 0 Å². The number of rotatable bonds is 10. The van der Waals surface area contributed by atoms with E-state index in [2.05, 4.69) is 26.5 Å². The predicted octanol–water partition coefficient (Wildman–Crippen LogP) is 5.21. The lowest BCUT2D eigenvalue weighted by molar-refractivity contribution is 0.745. The van der Waals surface area contributed by atoms with Crippen molar-refractivity contribution < 1.29 is 0 Å². The van der Waals surface area contributed by atoms with E-state index in [-0.39, 0.29) is 6.15 Å². The molecule has 0 aromatic rings. The number of hydrogen-bond acceptors (Lipinski definition) is 1. The Kier molecular flexibility index (Phi) is 15.8. The van der Waals surface area contributed by atoms with Crippen LogP contribution >= 0.6 is 0 Å². The molecule has 3 N–H and O–H groups in total.